The van der Waals surface area contributed by atoms with Crippen molar-refractivity contribution in [3.63, 3.8) is 0 Å². The summed E-state index contributed by atoms with van der Waals surface area (Å²) in [7, 11) is 0. The van der Waals surface area contributed by atoms with Crippen LogP contribution in [0.25, 0.3) is 11.3 Å². The van der Waals surface area contributed by atoms with Crippen molar-refractivity contribution in [2.24, 2.45) is 5.92 Å². The third-order valence-corrected chi connectivity index (χ3v) is 7.78. The monoisotopic (exact) mass is 541 g/mol. The maximum absolute atomic E-state index is 14.5. The van der Waals surface area contributed by atoms with E-state index in [0.717, 1.165) is 24.4 Å². The van der Waals surface area contributed by atoms with Crippen LogP contribution in [-0.4, -0.2) is 91.2 Å². The molecule has 39 heavy (non-hydrogen) atoms. The van der Waals surface area contributed by atoms with Crippen LogP contribution in [-0.2, 0) is 19.1 Å². The van der Waals surface area contributed by atoms with Crippen molar-refractivity contribution >= 4 is 17.6 Å². The molecule has 4 heterocycles. The molecule has 0 aliphatic carbocycles. The highest BCUT2D eigenvalue weighted by Crippen LogP contribution is 2.31. The summed E-state index contributed by atoms with van der Waals surface area (Å²) < 4.78 is 31.3. The highest BCUT2D eigenvalue weighted by molar-refractivity contribution is 5.99. The number of benzene rings is 1. The second kappa shape index (κ2) is 11.6. The van der Waals surface area contributed by atoms with Crippen LogP contribution in [0.4, 0.5) is 4.39 Å². The molecule has 1 aromatic heterocycles. The molecule has 3 saturated heterocycles. The van der Waals surface area contributed by atoms with Crippen molar-refractivity contribution in [3.8, 4) is 11.3 Å². The molecular weight excluding hydrogens is 505 g/mol. The highest BCUT2D eigenvalue weighted by Gasteiger charge is 2.53. The molecule has 3 aliphatic heterocycles. The van der Waals surface area contributed by atoms with Gasteiger partial charge in [-0.1, -0.05) is 26.0 Å². The van der Waals surface area contributed by atoms with Crippen molar-refractivity contribution in [2.75, 3.05) is 39.5 Å². The number of halogens is 1. The molecule has 5 atom stereocenters. The zero-order chi connectivity index (χ0) is 27.7. The van der Waals surface area contributed by atoms with Crippen molar-refractivity contribution in [1.82, 2.24) is 15.1 Å². The van der Waals surface area contributed by atoms with Crippen molar-refractivity contribution in [1.29, 1.82) is 0 Å². The van der Waals surface area contributed by atoms with Gasteiger partial charge in [0.1, 0.15) is 42.5 Å². The normalized spacial score (nSPS) is 25.1. The summed E-state index contributed by atoms with van der Waals surface area (Å²) in [4.78, 5) is 42.4. The molecule has 0 spiro atoms. The minimum Gasteiger partial charge on any atom is -0.459 e. The zero-order valence-electron chi connectivity index (χ0n) is 22.6. The standard InChI is InChI=1S/C29H36FN3O6/c1-17(2)14-22(29(36)33-15-21(30)27-26(33)23(34)16-38-27)31-28(35)20-6-4-19(5-7-20)25-9-8-24(39-25)18(3)32-10-12-37-13-11-32/h4-9,17-18,21-22,26-27H,10-16H2,1-3H3,(H,31,35)/t18?,21-,22-,26+,27+/m0/s1. The highest BCUT2D eigenvalue weighted by atomic mass is 19.1. The molecule has 10 heteroatoms. The number of nitrogens with zero attached hydrogens (tertiary/aromatic N) is 2. The molecule has 0 saturated carbocycles. The number of hydrogen-bond acceptors (Lipinski definition) is 7. The lowest BCUT2D eigenvalue weighted by molar-refractivity contribution is -0.138. The number of Topliss-reactive ketones (excluding diaryl/α,β-unsaturated/α-hetero) is 1. The predicted molar refractivity (Wildman–Crippen MR) is 141 cm³/mol. The van der Waals surface area contributed by atoms with Crippen LogP contribution in [0.5, 0.6) is 0 Å². The average Bonchev–Trinajstić information content (AvgIpc) is 3.66. The van der Waals surface area contributed by atoms with Gasteiger partial charge in [0.05, 0.1) is 25.8 Å². The number of ether oxygens (including phenoxy) is 2. The first-order valence-electron chi connectivity index (χ1n) is 13.6. The largest absolute Gasteiger partial charge is 0.459 e. The van der Waals surface area contributed by atoms with Crippen LogP contribution in [0.1, 0.15) is 49.4 Å². The first kappa shape index (κ1) is 27.5. The Kier molecular flexibility index (Phi) is 8.16. The van der Waals surface area contributed by atoms with Gasteiger partial charge in [-0.3, -0.25) is 19.3 Å². The number of hydrogen-bond donors (Lipinski definition) is 1. The summed E-state index contributed by atoms with van der Waals surface area (Å²) in [5.74, 6) is 0.486. The topological polar surface area (TPSA) is 101 Å². The number of fused-ring (bicyclic) bond motifs is 1. The molecule has 210 valence electrons. The van der Waals surface area contributed by atoms with Crippen LogP contribution in [0.15, 0.2) is 40.8 Å². The molecule has 3 aliphatic rings. The lowest BCUT2D eigenvalue weighted by Gasteiger charge is -2.31. The Morgan fingerprint density at radius 1 is 1.08 bits per heavy atom. The summed E-state index contributed by atoms with van der Waals surface area (Å²) in [5.41, 5.74) is 1.22. The molecule has 1 N–H and O–H groups in total. The van der Waals surface area contributed by atoms with Gasteiger partial charge in [0, 0.05) is 24.2 Å². The summed E-state index contributed by atoms with van der Waals surface area (Å²) in [6.07, 6.45) is -1.99. The van der Waals surface area contributed by atoms with E-state index < -0.39 is 36.2 Å². The first-order valence-corrected chi connectivity index (χ1v) is 13.6. The average molecular weight is 542 g/mol. The van der Waals surface area contributed by atoms with E-state index >= 15 is 0 Å². The third-order valence-electron chi connectivity index (χ3n) is 7.78. The molecule has 0 bridgehead atoms. The van der Waals surface area contributed by atoms with Gasteiger partial charge >= 0.3 is 0 Å². The fourth-order valence-corrected chi connectivity index (χ4v) is 5.62. The van der Waals surface area contributed by atoms with Gasteiger partial charge in [-0.15, -0.1) is 0 Å². The van der Waals surface area contributed by atoms with E-state index in [1.54, 1.807) is 12.1 Å². The lowest BCUT2D eigenvalue weighted by atomic mass is 10.0. The first-order chi connectivity index (χ1) is 18.7. The van der Waals surface area contributed by atoms with Crippen molar-refractivity contribution in [3.05, 3.63) is 47.7 Å². The molecule has 1 unspecified atom stereocenters. The van der Waals surface area contributed by atoms with Crippen LogP contribution in [0, 0.1) is 5.92 Å². The van der Waals surface area contributed by atoms with E-state index in [0.29, 0.717) is 31.0 Å². The molecule has 5 rings (SSSR count). The number of carbonyl (C=O) groups excluding carboxylic acids is 3. The lowest BCUT2D eigenvalue weighted by Crippen LogP contribution is -2.52. The van der Waals surface area contributed by atoms with E-state index in [2.05, 4.69) is 17.1 Å². The summed E-state index contributed by atoms with van der Waals surface area (Å²) in [6, 6.07) is 9.21. The minimum atomic E-state index is -1.42. The molecule has 1 aromatic carbocycles. The number of amides is 2. The van der Waals surface area contributed by atoms with Crippen LogP contribution in [0.2, 0.25) is 0 Å². The fourth-order valence-electron chi connectivity index (χ4n) is 5.62. The Hall–Kier alpha value is -3.08. The van der Waals surface area contributed by atoms with Crippen molar-refractivity contribution < 1.29 is 32.7 Å². The summed E-state index contributed by atoms with van der Waals surface area (Å²) >= 11 is 0. The Morgan fingerprint density at radius 2 is 1.79 bits per heavy atom. The number of nitrogens with one attached hydrogen (secondary N) is 1. The zero-order valence-corrected chi connectivity index (χ0v) is 22.6. The third kappa shape index (κ3) is 5.78. The number of ketones is 1. The summed E-state index contributed by atoms with van der Waals surface area (Å²) in [6.45, 7) is 8.73. The van der Waals surface area contributed by atoms with Gasteiger partial charge in [0.2, 0.25) is 5.91 Å². The summed E-state index contributed by atoms with van der Waals surface area (Å²) in [5, 5.41) is 2.82. The van der Waals surface area contributed by atoms with E-state index in [-0.39, 0.29) is 30.9 Å². The molecule has 9 nitrogen and oxygen atoms in total. The Bertz CT molecular complexity index is 1190. The number of likely N-dealkylation sites (tertiary alicyclic amines) is 1. The van der Waals surface area contributed by atoms with Gasteiger partial charge < -0.3 is 24.1 Å². The quantitative estimate of drug-likeness (QED) is 0.548. The molecule has 3 fully saturated rings. The van der Waals surface area contributed by atoms with E-state index in [1.807, 2.05) is 38.1 Å². The Labute approximate surface area is 227 Å². The van der Waals surface area contributed by atoms with E-state index in [9.17, 15) is 18.8 Å². The smallest absolute Gasteiger partial charge is 0.251 e. The van der Waals surface area contributed by atoms with Gasteiger partial charge in [-0.25, -0.2) is 4.39 Å². The number of alkyl halides is 1. The minimum absolute atomic E-state index is 0.0877. The number of rotatable bonds is 8. The predicted octanol–water partition coefficient (Wildman–Crippen LogP) is 3.00. The molecular formula is C29H36FN3O6. The van der Waals surface area contributed by atoms with Crippen LogP contribution < -0.4 is 5.32 Å². The number of carbonyl (C=O) groups is 3. The molecule has 0 radical (unpaired) electrons. The van der Waals surface area contributed by atoms with Crippen LogP contribution >= 0.6 is 0 Å². The van der Waals surface area contributed by atoms with Crippen LogP contribution in [0.3, 0.4) is 0 Å². The van der Waals surface area contributed by atoms with E-state index in [1.165, 1.54) is 4.90 Å². The van der Waals surface area contributed by atoms with Gasteiger partial charge in [-0.05, 0) is 43.5 Å². The Morgan fingerprint density at radius 3 is 2.49 bits per heavy atom. The molecule has 2 amide bonds. The Balaban J connectivity index is 1.26. The van der Waals surface area contributed by atoms with Gasteiger partial charge in [-0.2, -0.15) is 0 Å². The second-order valence-corrected chi connectivity index (χ2v) is 11.0. The SMILES string of the molecule is CC(C)C[C@H](NC(=O)c1ccc(-c2ccc(C(C)N3CCOCC3)o2)cc1)C(=O)N1C[C@H](F)[C@H]2OCC(=O)[C@H]21. The maximum Gasteiger partial charge on any atom is 0.251 e. The number of morpholine rings is 1. The van der Waals surface area contributed by atoms with Gasteiger partial charge in [0.15, 0.2) is 5.78 Å². The molecule has 2 aromatic rings. The fraction of sp³-hybridized carbons (Fsp3) is 0.552. The second-order valence-electron chi connectivity index (χ2n) is 11.0. The maximum atomic E-state index is 14.5. The van der Waals surface area contributed by atoms with E-state index in [4.69, 9.17) is 13.9 Å². The number of furan rings is 1. The van der Waals surface area contributed by atoms with Gasteiger partial charge in [0.25, 0.3) is 5.91 Å². The van der Waals surface area contributed by atoms with Crippen molar-refractivity contribution in [2.45, 2.75) is 57.6 Å².